The molecule has 1 aliphatic heterocycles. The van der Waals surface area contributed by atoms with Crippen LogP contribution in [-0.2, 0) is 17.8 Å². The highest BCUT2D eigenvalue weighted by molar-refractivity contribution is 5.69. The molecule has 0 amide bonds. The number of aromatic nitrogens is 2. The van der Waals surface area contributed by atoms with E-state index in [2.05, 4.69) is 26.9 Å². The molecule has 1 aliphatic rings. The van der Waals surface area contributed by atoms with Gasteiger partial charge in [0.1, 0.15) is 0 Å². The molecule has 0 aliphatic carbocycles. The monoisotopic (exact) mass is 324 g/mol. The van der Waals surface area contributed by atoms with Gasteiger partial charge in [0.05, 0.1) is 13.1 Å². The van der Waals surface area contributed by atoms with E-state index < -0.39 is 5.97 Å². The van der Waals surface area contributed by atoms with Crippen molar-refractivity contribution in [1.82, 2.24) is 19.9 Å². The number of aliphatic carboxylic acids is 1. The normalized spacial score (nSPS) is 17.0. The van der Waals surface area contributed by atoms with E-state index in [1.54, 1.807) is 0 Å². The minimum atomic E-state index is -0.750. The van der Waals surface area contributed by atoms with Gasteiger partial charge in [-0.05, 0) is 25.8 Å². The summed E-state index contributed by atoms with van der Waals surface area (Å²) in [5.74, 6) is 0.738. The Bertz CT molecular complexity index is 483. The molecule has 0 radical (unpaired) electrons. The van der Waals surface area contributed by atoms with Crippen LogP contribution in [-0.4, -0.2) is 63.2 Å². The minimum Gasteiger partial charge on any atom is -0.480 e. The first kappa shape index (κ1) is 17.9. The van der Waals surface area contributed by atoms with E-state index >= 15 is 0 Å². The van der Waals surface area contributed by atoms with E-state index in [4.69, 9.17) is 9.63 Å². The Morgan fingerprint density at radius 3 is 2.74 bits per heavy atom. The van der Waals surface area contributed by atoms with Crippen molar-refractivity contribution in [3.05, 3.63) is 11.7 Å². The van der Waals surface area contributed by atoms with Crippen LogP contribution in [0.15, 0.2) is 4.52 Å². The van der Waals surface area contributed by atoms with Gasteiger partial charge < -0.3 is 9.63 Å². The van der Waals surface area contributed by atoms with Crippen LogP contribution in [0.1, 0.15) is 51.2 Å². The molecule has 1 aromatic heterocycles. The number of nitrogens with zero attached hydrogens (tertiary/aromatic N) is 4. The number of likely N-dealkylation sites (tertiary alicyclic amines) is 1. The maximum atomic E-state index is 10.9. The highest BCUT2D eigenvalue weighted by Crippen LogP contribution is 2.18. The second kappa shape index (κ2) is 8.98. The lowest BCUT2D eigenvalue weighted by Crippen LogP contribution is -2.46. The number of rotatable bonds is 9. The summed E-state index contributed by atoms with van der Waals surface area (Å²) in [6, 6.07) is 0.357. The Hall–Kier alpha value is -1.47. The van der Waals surface area contributed by atoms with Crippen LogP contribution >= 0.6 is 0 Å². The molecule has 0 aromatic carbocycles. The largest absolute Gasteiger partial charge is 0.480 e. The Balaban J connectivity index is 1.77. The Morgan fingerprint density at radius 2 is 2.13 bits per heavy atom. The molecule has 1 N–H and O–H groups in total. The van der Waals surface area contributed by atoms with Gasteiger partial charge in [-0.25, -0.2) is 0 Å². The number of aryl methyl sites for hydroxylation is 1. The lowest BCUT2D eigenvalue weighted by Gasteiger charge is -2.36. The predicted octanol–water partition coefficient (Wildman–Crippen LogP) is 1.78. The van der Waals surface area contributed by atoms with Crippen molar-refractivity contribution in [2.75, 3.05) is 26.2 Å². The molecule has 0 atom stereocenters. The molecule has 1 aromatic rings. The van der Waals surface area contributed by atoms with E-state index in [-0.39, 0.29) is 6.54 Å². The molecular formula is C16H28N4O3. The average Bonchev–Trinajstić information content (AvgIpc) is 2.98. The summed E-state index contributed by atoms with van der Waals surface area (Å²) in [5.41, 5.74) is 0. The second-order valence-corrected chi connectivity index (χ2v) is 6.17. The van der Waals surface area contributed by atoms with Gasteiger partial charge in [-0.1, -0.05) is 25.4 Å². The Kier molecular flexibility index (Phi) is 6.98. The maximum Gasteiger partial charge on any atom is 0.317 e. The maximum absolute atomic E-state index is 10.9. The van der Waals surface area contributed by atoms with Crippen molar-refractivity contribution < 1.29 is 14.4 Å². The third-order valence-electron chi connectivity index (χ3n) is 4.44. The number of carbonyl (C=O) groups is 1. The Labute approximate surface area is 137 Å². The molecule has 2 heterocycles. The highest BCUT2D eigenvalue weighted by Gasteiger charge is 2.25. The molecule has 23 heavy (non-hydrogen) atoms. The zero-order chi connectivity index (χ0) is 16.7. The number of hydrogen-bond donors (Lipinski definition) is 1. The molecular weight excluding hydrogens is 296 g/mol. The SMILES string of the molecule is CCCCc1noc(CN2CCC(N(CC)CC(=O)O)CC2)n1. The van der Waals surface area contributed by atoms with Crippen LogP contribution < -0.4 is 0 Å². The molecule has 130 valence electrons. The van der Waals surface area contributed by atoms with Gasteiger partial charge in [-0.3, -0.25) is 14.6 Å². The number of unbranched alkanes of at least 4 members (excludes halogenated alkanes) is 1. The Morgan fingerprint density at radius 1 is 1.39 bits per heavy atom. The van der Waals surface area contributed by atoms with Crippen LogP contribution in [0.2, 0.25) is 0 Å². The zero-order valence-electron chi connectivity index (χ0n) is 14.2. The molecule has 2 rings (SSSR count). The third-order valence-corrected chi connectivity index (χ3v) is 4.44. The summed E-state index contributed by atoms with van der Waals surface area (Å²) in [7, 11) is 0. The molecule has 0 spiro atoms. The van der Waals surface area contributed by atoms with Crippen molar-refractivity contribution in [2.45, 2.75) is 58.5 Å². The lowest BCUT2D eigenvalue weighted by atomic mass is 10.0. The topological polar surface area (TPSA) is 82.7 Å². The van der Waals surface area contributed by atoms with E-state index in [9.17, 15) is 4.79 Å². The van der Waals surface area contributed by atoms with Crippen molar-refractivity contribution >= 4 is 5.97 Å². The number of likely N-dealkylation sites (N-methyl/N-ethyl adjacent to an activating group) is 1. The molecule has 0 saturated carbocycles. The fourth-order valence-electron chi connectivity index (χ4n) is 3.10. The van der Waals surface area contributed by atoms with Crippen LogP contribution in [0.5, 0.6) is 0 Å². The fourth-order valence-corrected chi connectivity index (χ4v) is 3.10. The van der Waals surface area contributed by atoms with Gasteiger partial charge in [-0.15, -0.1) is 0 Å². The molecule has 0 unspecified atom stereocenters. The average molecular weight is 324 g/mol. The van der Waals surface area contributed by atoms with Crippen molar-refractivity contribution in [3.8, 4) is 0 Å². The summed E-state index contributed by atoms with van der Waals surface area (Å²) in [6.45, 7) is 7.64. The van der Waals surface area contributed by atoms with Crippen LogP contribution in [0.25, 0.3) is 0 Å². The van der Waals surface area contributed by atoms with E-state index in [0.29, 0.717) is 18.5 Å². The van der Waals surface area contributed by atoms with Gasteiger partial charge in [0, 0.05) is 25.6 Å². The smallest absolute Gasteiger partial charge is 0.317 e. The van der Waals surface area contributed by atoms with Gasteiger partial charge in [0.2, 0.25) is 5.89 Å². The summed E-state index contributed by atoms with van der Waals surface area (Å²) in [6.07, 6.45) is 5.06. The zero-order valence-corrected chi connectivity index (χ0v) is 14.2. The van der Waals surface area contributed by atoms with E-state index in [1.807, 2.05) is 6.92 Å². The minimum absolute atomic E-state index is 0.131. The van der Waals surface area contributed by atoms with Crippen LogP contribution in [0, 0.1) is 0 Å². The molecule has 0 bridgehead atoms. The van der Waals surface area contributed by atoms with Gasteiger partial charge in [0.25, 0.3) is 0 Å². The predicted molar refractivity (Wildman–Crippen MR) is 86.1 cm³/mol. The number of carboxylic acids is 1. The summed E-state index contributed by atoms with van der Waals surface area (Å²) in [4.78, 5) is 19.7. The summed E-state index contributed by atoms with van der Waals surface area (Å²) >= 11 is 0. The third kappa shape index (κ3) is 5.58. The quantitative estimate of drug-likeness (QED) is 0.741. The standard InChI is InChI=1S/C16H28N4O3/c1-3-5-6-14-17-15(23-18-14)11-19-9-7-13(8-10-19)20(4-2)12-16(21)22/h13H,3-12H2,1-2H3,(H,21,22). The summed E-state index contributed by atoms with van der Waals surface area (Å²) in [5, 5.41) is 13.0. The first-order chi connectivity index (χ1) is 11.1. The van der Waals surface area contributed by atoms with Crippen LogP contribution in [0.3, 0.4) is 0 Å². The molecule has 1 fully saturated rings. The summed E-state index contributed by atoms with van der Waals surface area (Å²) < 4.78 is 5.32. The van der Waals surface area contributed by atoms with E-state index in [0.717, 1.165) is 57.6 Å². The molecule has 7 heteroatoms. The lowest BCUT2D eigenvalue weighted by molar-refractivity contribution is -0.139. The number of piperidine rings is 1. The van der Waals surface area contributed by atoms with Crippen LogP contribution in [0.4, 0.5) is 0 Å². The first-order valence-corrected chi connectivity index (χ1v) is 8.62. The first-order valence-electron chi connectivity index (χ1n) is 8.62. The molecule has 1 saturated heterocycles. The van der Waals surface area contributed by atoms with Crippen molar-refractivity contribution in [1.29, 1.82) is 0 Å². The highest BCUT2D eigenvalue weighted by atomic mass is 16.5. The van der Waals surface area contributed by atoms with Crippen molar-refractivity contribution in [2.24, 2.45) is 0 Å². The fraction of sp³-hybridized carbons (Fsp3) is 0.812. The molecule has 7 nitrogen and oxygen atoms in total. The number of carboxylic acid groups (broad SMARTS) is 1. The second-order valence-electron chi connectivity index (χ2n) is 6.17. The van der Waals surface area contributed by atoms with Gasteiger partial charge in [-0.2, -0.15) is 4.98 Å². The number of hydrogen-bond acceptors (Lipinski definition) is 6. The van der Waals surface area contributed by atoms with E-state index in [1.165, 1.54) is 0 Å². The van der Waals surface area contributed by atoms with Crippen molar-refractivity contribution in [3.63, 3.8) is 0 Å². The van der Waals surface area contributed by atoms with Gasteiger partial charge in [0.15, 0.2) is 5.82 Å². The van der Waals surface area contributed by atoms with Gasteiger partial charge >= 0.3 is 5.97 Å².